The number of carbonyl (C=O) groups is 2. The van der Waals surface area contributed by atoms with Gasteiger partial charge in [0.25, 0.3) is 11.8 Å². The molecule has 1 aromatic heterocycles. The van der Waals surface area contributed by atoms with Crippen LogP contribution >= 0.6 is 0 Å². The minimum Gasteiger partial charge on any atom is -0.497 e. The van der Waals surface area contributed by atoms with Crippen LogP contribution in [0.25, 0.3) is 0 Å². The zero-order valence-corrected chi connectivity index (χ0v) is 17.4. The molecule has 8 nitrogen and oxygen atoms in total. The second kappa shape index (κ2) is 8.87. The first-order chi connectivity index (χ1) is 14.6. The molecule has 2 aliphatic heterocycles. The van der Waals surface area contributed by atoms with Crippen LogP contribution in [0.4, 0.5) is 0 Å². The highest BCUT2D eigenvalue weighted by Gasteiger charge is 2.30. The summed E-state index contributed by atoms with van der Waals surface area (Å²) in [6.45, 7) is 5.30. The van der Waals surface area contributed by atoms with Crippen LogP contribution in [0.15, 0.2) is 28.7 Å². The Morgan fingerprint density at radius 3 is 2.27 bits per heavy atom. The van der Waals surface area contributed by atoms with Crippen molar-refractivity contribution < 1.29 is 23.5 Å². The summed E-state index contributed by atoms with van der Waals surface area (Å²) in [4.78, 5) is 33.7. The molecule has 0 atom stereocenters. The Bertz CT molecular complexity index is 894. The van der Waals surface area contributed by atoms with Crippen molar-refractivity contribution in [1.82, 2.24) is 14.8 Å². The third-order valence-electron chi connectivity index (χ3n) is 5.78. The standard InChI is InChI=1S/C22H27N3O5/c1-15-19(22(27)25-11-13-29-14-12-25)23-20(30-15)16-7-9-24(10-8-16)21(26)17-3-5-18(28-2)6-4-17/h3-6,16H,7-14H2,1-2H3. The second-order valence-corrected chi connectivity index (χ2v) is 7.66. The number of aryl methyl sites for hydroxylation is 1. The summed E-state index contributed by atoms with van der Waals surface area (Å²) >= 11 is 0. The van der Waals surface area contributed by atoms with Gasteiger partial charge in [0.1, 0.15) is 11.5 Å². The van der Waals surface area contributed by atoms with E-state index in [9.17, 15) is 9.59 Å². The van der Waals surface area contributed by atoms with E-state index in [1.807, 2.05) is 4.90 Å². The monoisotopic (exact) mass is 413 g/mol. The van der Waals surface area contributed by atoms with Crippen molar-refractivity contribution in [2.24, 2.45) is 0 Å². The van der Waals surface area contributed by atoms with Crippen molar-refractivity contribution in [1.29, 1.82) is 0 Å². The van der Waals surface area contributed by atoms with E-state index in [-0.39, 0.29) is 17.7 Å². The van der Waals surface area contributed by atoms with Crippen LogP contribution in [0.5, 0.6) is 5.75 Å². The highest BCUT2D eigenvalue weighted by molar-refractivity contribution is 5.94. The van der Waals surface area contributed by atoms with Gasteiger partial charge in [0.15, 0.2) is 11.6 Å². The fourth-order valence-corrected chi connectivity index (χ4v) is 3.95. The number of aromatic nitrogens is 1. The van der Waals surface area contributed by atoms with E-state index in [1.165, 1.54) is 0 Å². The molecule has 0 radical (unpaired) electrons. The molecule has 0 N–H and O–H groups in total. The van der Waals surface area contributed by atoms with Gasteiger partial charge >= 0.3 is 0 Å². The lowest BCUT2D eigenvalue weighted by atomic mass is 9.96. The van der Waals surface area contributed by atoms with E-state index in [0.717, 1.165) is 18.6 Å². The molecule has 2 aromatic rings. The number of likely N-dealkylation sites (tertiary alicyclic amines) is 1. The molecule has 8 heteroatoms. The number of morpholine rings is 1. The van der Waals surface area contributed by atoms with Gasteiger partial charge in [-0.15, -0.1) is 0 Å². The Labute approximate surface area is 175 Å². The zero-order chi connectivity index (χ0) is 21.1. The lowest BCUT2D eigenvalue weighted by Gasteiger charge is -2.30. The first kappa shape index (κ1) is 20.4. The number of benzene rings is 1. The number of nitrogens with zero attached hydrogens (tertiary/aromatic N) is 3. The van der Waals surface area contributed by atoms with Crippen LogP contribution in [-0.4, -0.2) is 73.1 Å². The number of carbonyl (C=O) groups excluding carboxylic acids is 2. The first-order valence-electron chi connectivity index (χ1n) is 10.3. The van der Waals surface area contributed by atoms with Crippen molar-refractivity contribution >= 4 is 11.8 Å². The topological polar surface area (TPSA) is 85.1 Å². The van der Waals surface area contributed by atoms with E-state index in [0.29, 0.717) is 62.3 Å². The molecule has 2 fully saturated rings. The molecule has 160 valence electrons. The number of amides is 2. The quantitative estimate of drug-likeness (QED) is 0.766. The number of oxazole rings is 1. The van der Waals surface area contributed by atoms with E-state index in [1.54, 1.807) is 43.2 Å². The van der Waals surface area contributed by atoms with E-state index in [4.69, 9.17) is 13.9 Å². The number of rotatable bonds is 4. The summed E-state index contributed by atoms with van der Waals surface area (Å²) in [7, 11) is 1.60. The van der Waals surface area contributed by atoms with Crippen LogP contribution in [0, 0.1) is 6.92 Å². The minimum absolute atomic E-state index is 0.0165. The fourth-order valence-electron chi connectivity index (χ4n) is 3.95. The maximum atomic E-state index is 12.8. The Balaban J connectivity index is 1.38. The zero-order valence-electron chi connectivity index (χ0n) is 17.4. The fraction of sp³-hybridized carbons (Fsp3) is 0.500. The van der Waals surface area contributed by atoms with Gasteiger partial charge in [0.2, 0.25) is 0 Å². The molecule has 2 saturated heterocycles. The average Bonchev–Trinajstić information content (AvgIpc) is 3.20. The van der Waals surface area contributed by atoms with Crippen molar-refractivity contribution in [2.75, 3.05) is 46.5 Å². The number of methoxy groups -OCH3 is 1. The highest BCUT2D eigenvalue weighted by Crippen LogP contribution is 2.30. The molecule has 2 aliphatic rings. The SMILES string of the molecule is COc1ccc(C(=O)N2CCC(c3nc(C(=O)N4CCOCC4)c(C)o3)CC2)cc1. The molecular formula is C22H27N3O5. The van der Waals surface area contributed by atoms with E-state index in [2.05, 4.69) is 4.98 Å². The predicted octanol–water partition coefficient (Wildman–Crippen LogP) is 2.48. The third kappa shape index (κ3) is 4.18. The Morgan fingerprint density at radius 2 is 1.63 bits per heavy atom. The maximum Gasteiger partial charge on any atom is 0.276 e. The van der Waals surface area contributed by atoms with Gasteiger partial charge in [0, 0.05) is 37.7 Å². The van der Waals surface area contributed by atoms with E-state index < -0.39 is 0 Å². The van der Waals surface area contributed by atoms with Crippen molar-refractivity contribution in [3.8, 4) is 5.75 Å². The van der Waals surface area contributed by atoms with Crippen molar-refractivity contribution in [3.63, 3.8) is 0 Å². The largest absolute Gasteiger partial charge is 0.497 e. The highest BCUT2D eigenvalue weighted by atomic mass is 16.5. The molecule has 0 bridgehead atoms. The van der Waals surface area contributed by atoms with Crippen LogP contribution in [0.3, 0.4) is 0 Å². The summed E-state index contributed by atoms with van der Waals surface area (Å²) in [5.74, 6) is 1.90. The lowest BCUT2D eigenvalue weighted by molar-refractivity contribution is 0.0298. The summed E-state index contributed by atoms with van der Waals surface area (Å²) in [6.07, 6.45) is 1.51. The normalized spacial score (nSPS) is 17.8. The number of hydrogen-bond donors (Lipinski definition) is 0. The molecule has 2 amide bonds. The molecule has 0 spiro atoms. The van der Waals surface area contributed by atoms with Gasteiger partial charge < -0.3 is 23.7 Å². The summed E-state index contributed by atoms with van der Waals surface area (Å²) in [5.41, 5.74) is 1.04. The molecule has 4 rings (SSSR count). The van der Waals surface area contributed by atoms with Crippen molar-refractivity contribution in [3.05, 3.63) is 47.2 Å². The summed E-state index contributed by atoms with van der Waals surface area (Å²) in [5, 5.41) is 0. The minimum atomic E-state index is -0.0991. The summed E-state index contributed by atoms with van der Waals surface area (Å²) in [6, 6.07) is 7.16. The maximum absolute atomic E-state index is 12.8. The van der Waals surface area contributed by atoms with Gasteiger partial charge in [-0.05, 0) is 44.0 Å². The number of hydrogen-bond acceptors (Lipinski definition) is 6. The lowest BCUT2D eigenvalue weighted by Crippen LogP contribution is -2.41. The number of piperidine rings is 1. The van der Waals surface area contributed by atoms with Gasteiger partial charge in [-0.2, -0.15) is 0 Å². The van der Waals surface area contributed by atoms with Crippen molar-refractivity contribution in [2.45, 2.75) is 25.7 Å². The predicted molar refractivity (Wildman–Crippen MR) is 109 cm³/mol. The van der Waals surface area contributed by atoms with Crippen LogP contribution in [0.2, 0.25) is 0 Å². The second-order valence-electron chi connectivity index (χ2n) is 7.66. The first-order valence-corrected chi connectivity index (χ1v) is 10.3. The summed E-state index contributed by atoms with van der Waals surface area (Å²) < 4.78 is 16.3. The Hall–Kier alpha value is -2.87. The third-order valence-corrected chi connectivity index (χ3v) is 5.78. The molecule has 1 aromatic carbocycles. The smallest absolute Gasteiger partial charge is 0.276 e. The Morgan fingerprint density at radius 1 is 1.00 bits per heavy atom. The molecule has 3 heterocycles. The molecule has 30 heavy (non-hydrogen) atoms. The molecule has 0 aliphatic carbocycles. The van der Waals surface area contributed by atoms with Gasteiger partial charge in [-0.25, -0.2) is 4.98 Å². The molecular weight excluding hydrogens is 386 g/mol. The van der Waals surface area contributed by atoms with E-state index >= 15 is 0 Å². The number of ether oxygens (including phenoxy) is 2. The van der Waals surface area contributed by atoms with Gasteiger partial charge in [-0.1, -0.05) is 0 Å². The Kier molecular flexibility index (Phi) is 6.03. The average molecular weight is 413 g/mol. The molecule has 0 saturated carbocycles. The molecule has 0 unspecified atom stereocenters. The van der Waals surface area contributed by atoms with Gasteiger partial charge in [0.05, 0.1) is 20.3 Å². The van der Waals surface area contributed by atoms with Crippen LogP contribution in [0.1, 0.15) is 51.3 Å². The van der Waals surface area contributed by atoms with Crippen LogP contribution < -0.4 is 4.74 Å². The van der Waals surface area contributed by atoms with Gasteiger partial charge in [-0.3, -0.25) is 9.59 Å². The van der Waals surface area contributed by atoms with Crippen LogP contribution in [-0.2, 0) is 4.74 Å².